The maximum Gasteiger partial charge on any atom is 0.310 e. The van der Waals surface area contributed by atoms with Gasteiger partial charge in [-0.25, -0.2) is 14.4 Å². The molecule has 0 spiro atoms. The molecule has 3 atom stereocenters. The molecule has 0 saturated heterocycles. The fraction of sp³-hybridized carbons (Fsp3) is 0.227. The van der Waals surface area contributed by atoms with Gasteiger partial charge in [0.1, 0.15) is 0 Å². The molecular weight excluding hydrogens is 343 g/mol. The summed E-state index contributed by atoms with van der Waals surface area (Å²) in [5, 5.41) is 10.0. The molecule has 1 aliphatic carbocycles. The van der Waals surface area contributed by atoms with Crippen molar-refractivity contribution in [3.63, 3.8) is 0 Å². The van der Waals surface area contributed by atoms with Gasteiger partial charge in [-0.15, -0.1) is 0 Å². The SMILES string of the molecule is CC[C@@]1(C(=O)O)[C@@H](c2ccccc2)[C@@H]1c1cccc(-c2ncc(F)cn2)c1. The lowest BCUT2D eigenvalue weighted by Crippen LogP contribution is -2.17. The first kappa shape index (κ1) is 17.3. The summed E-state index contributed by atoms with van der Waals surface area (Å²) >= 11 is 0. The van der Waals surface area contributed by atoms with E-state index in [0.717, 1.165) is 29.1 Å². The van der Waals surface area contributed by atoms with Crippen molar-refractivity contribution >= 4 is 5.97 Å². The first-order valence-corrected chi connectivity index (χ1v) is 8.94. The summed E-state index contributed by atoms with van der Waals surface area (Å²) in [4.78, 5) is 20.3. The third-order valence-corrected chi connectivity index (χ3v) is 5.60. The lowest BCUT2D eigenvalue weighted by atomic mass is 9.94. The van der Waals surface area contributed by atoms with E-state index in [1.165, 1.54) is 0 Å². The number of carboxylic acids is 1. The van der Waals surface area contributed by atoms with E-state index in [1.54, 1.807) is 0 Å². The van der Waals surface area contributed by atoms with Crippen LogP contribution in [0, 0.1) is 11.2 Å². The van der Waals surface area contributed by atoms with Crippen molar-refractivity contribution < 1.29 is 14.3 Å². The molecule has 2 aromatic carbocycles. The quantitative estimate of drug-likeness (QED) is 0.718. The van der Waals surface area contributed by atoms with E-state index in [9.17, 15) is 14.3 Å². The van der Waals surface area contributed by atoms with Crippen molar-refractivity contribution in [2.75, 3.05) is 0 Å². The van der Waals surface area contributed by atoms with Gasteiger partial charge in [-0.3, -0.25) is 4.79 Å². The van der Waals surface area contributed by atoms with Crippen molar-refractivity contribution in [3.8, 4) is 11.4 Å². The van der Waals surface area contributed by atoms with Gasteiger partial charge in [0.25, 0.3) is 0 Å². The number of aromatic nitrogens is 2. The Bertz CT molecular complexity index is 975. The van der Waals surface area contributed by atoms with E-state index in [-0.39, 0.29) is 11.8 Å². The van der Waals surface area contributed by atoms with Crippen LogP contribution in [0.2, 0.25) is 0 Å². The first-order valence-electron chi connectivity index (χ1n) is 8.94. The van der Waals surface area contributed by atoms with E-state index in [0.29, 0.717) is 12.2 Å². The first-order chi connectivity index (χ1) is 13.1. The Morgan fingerprint density at radius 3 is 2.30 bits per heavy atom. The molecule has 1 aromatic heterocycles. The van der Waals surface area contributed by atoms with Gasteiger partial charge in [-0.2, -0.15) is 0 Å². The predicted octanol–water partition coefficient (Wildman–Crippen LogP) is 4.64. The minimum atomic E-state index is -0.816. The zero-order valence-electron chi connectivity index (χ0n) is 14.8. The number of hydrogen-bond acceptors (Lipinski definition) is 3. The standard InChI is InChI=1S/C22H19FN2O2/c1-2-22(21(26)27)18(14-7-4-3-5-8-14)19(22)15-9-6-10-16(11-15)20-24-12-17(23)13-25-20/h3-13,18-19H,2H2,1H3,(H,26,27)/t18-,19-,22+/m0/s1. The highest BCUT2D eigenvalue weighted by Gasteiger charge is 2.69. The summed E-state index contributed by atoms with van der Waals surface area (Å²) in [5.74, 6) is -1.04. The Labute approximate surface area is 156 Å². The fourth-order valence-corrected chi connectivity index (χ4v) is 4.27. The number of benzene rings is 2. The molecule has 3 aromatic rings. The summed E-state index contributed by atoms with van der Waals surface area (Å²) in [6, 6.07) is 17.4. The summed E-state index contributed by atoms with van der Waals surface area (Å²) < 4.78 is 13.1. The minimum absolute atomic E-state index is 0.0782. The van der Waals surface area contributed by atoms with E-state index in [1.807, 2.05) is 61.5 Å². The fourth-order valence-electron chi connectivity index (χ4n) is 4.27. The highest BCUT2D eigenvalue weighted by molar-refractivity contribution is 5.84. The van der Waals surface area contributed by atoms with Crippen molar-refractivity contribution in [2.45, 2.75) is 25.2 Å². The average molecular weight is 362 g/mol. The van der Waals surface area contributed by atoms with E-state index < -0.39 is 17.2 Å². The number of carboxylic acid groups (broad SMARTS) is 1. The average Bonchev–Trinajstić information content (AvgIpc) is 3.40. The van der Waals surface area contributed by atoms with Gasteiger partial charge in [0.05, 0.1) is 17.8 Å². The second-order valence-electron chi connectivity index (χ2n) is 6.92. The van der Waals surface area contributed by atoms with Gasteiger partial charge in [0.15, 0.2) is 11.6 Å². The van der Waals surface area contributed by atoms with Crippen LogP contribution in [0.1, 0.15) is 36.3 Å². The van der Waals surface area contributed by atoms with Crippen LogP contribution >= 0.6 is 0 Å². The molecule has 1 aliphatic rings. The number of nitrogens with zero attached hydrogens (tertiary/aromatic N) is 2. The second kappa shape index (κ2) is 6.58. The monoisotopic (exact) mass is 362 g/mol. The minimum Gasteiger partial charge on any atom is -0.481 e. The van der Waals surface area contributed by atoms with Crippen molar-refractivity contribution in [1.82, 2.24) is 9.97 Å². The van der Waals surface area contributed by atoms with Crippen LogP contribution in [0.25, 0.3) is 11.4 Å². The Hall–Kier alpha value is -3.08. The molecule has 1 saturated carbocycles. The van der Waals surface area contributed by atoms with Gasteiger partial charge in [0, 0.05) is 17.4 Å². The van der Waals surface area contributed by atoms with Gasteiger partial charge in [-0.1, -0.05) is 55.5 Å². The van der Waals surface area contributed by atoms with Crippen molar-refractivity contribution in [3.05, 3.63) is 83.9 Å². The van der Waals surface area contributed by atoms with Crippen LogP contribution in [0.15, 0.2) is 67.0 Å². The molecule has 0 radical (unpaired) electrons. The lowest BCUT2D eigenvalue weighted by molar-refractivity contribution is -0.143. The number of halogens is 1. The molecule has 1 N–H and O–H groups in total. The molecule has 1 heterocycles. The van der Waals surface area contributed by atoms with Crippen LogP contribution in [0.5, 0.6) is 0 Å². The van der Waals surface area contributed by atoms with Gasteiger partial charge in [-0.05, 0) is 23.6 Å². The molecule has 4 nitrogen and oxygen atoms in total. The molecule has 0 bridgehead atoms. The van der Waals surface area contributed by atoms with E-state index in [2.05, 4.69) is 9.97 Å². The third kappa shape index (κ3) is 2.79. The predicted molar refractivity (Wildman–Crippen MR) is 99.7 cm³/mol. The molecule has 136 valence electrons. The Balaban J connectivity index is 1.76. The van der Waals surface area contributed by atoms with Crippen LogP contribution in [-0.2, 0) is 4.79 Å². The maximum absolute atomic E-state index is 13.1. The maximum atomic E-state index is 13.1. The van der Waals surface area contributed by atoms with Crippen LogP contribution in [0.3, 0.4) is 0 Å². The molecule has 27 heavy (non-hydrogen) atoms. The number of carbonyl (C=O) groups is 1. The second-order valence-corrected chi connectivity index (χ2v) is 6.92. The number of rotatable bonds is 5. The van der Waals surface area contributed by atoms with Crippen molar-refractivity contribution in [2.24, 2.45) is 5.41 Å². The van der Waals surface area contributed by atoms with Gasteiger partial charge < -0.3 is 5.11 Å². The van der Waals surface area contributed by atoms with Crippen LogP contribution < -0.4 is 0 Å². The van der Waals surface area contributed by atoms with Gasteiger partial charge >= 0.3 is 5.97 Å². The normalized spacial score (nSPS) is 23.8. The highest BCUT2D eigenvalue weighted by atomic mass is 19.1. The lowest BCUT2D eigenvalue weighted by Gasteiger charge is -2.10. The number of hydrogen-bond donors (Lipinski definition) is 1. The zero-order valence-corrected chi connectivity index (χ0v) is 14.8. The molecule has 0 unspecified atom stereocenters. The summed E-state index contributed by atoms with van der Waals surface area (Å²) in [5.41, 5.74) is 1.92. The zero-order chi connectivity index (χ0) is 19.0. The van der Waals surface area contributed by atoms with E-state index >= 15 is 0 Å². The smallest absolute Gasteiger partial charge is 0.310 e. The van der Waals surface area contributed by atoms with Crippen LogP contribution in [0.4, 0.5) is 4.39 Å². The topological polar surface area (TPSA) is 63.1 Å². The third-order valence-electron chi connectivity index (χ3n) is 5.60. The molecular formula is C22H19FN2O2. The highest BCUT2D eigenvalue weighted by Crippen LogP contribution is 2.72. The van der Waals surface area contributed by atoms with E-state index in [4.69, 9.17) is 0 Å². The van der Waals surface area contributed by atoms with Crippen molar-refractivity contribution in [1.29, 1.82) is 0 Å². The summed E-state index contributed by atoms with van der Waals surface area (Å²) in [6.07, 6.45) is 2.81. The Kier molecular flexibility index (Phi) is 4.22. The molecule has 0 amide bonds. The van der Waals surface area contributed by atoms with Crippen LogP contribution in [-0.4, -0.2) is 21.0 Å². The molecule has 0 aliphatic heterocycles. The molecule has 4 rings (SSSR count). The Morgan fingerprint density at radius 1 is 1.04 bits per heavy atom. The summed E-state index contributed by atoms with van der Waals surface area (Å²) in [6.45, 7) is 1.93. The Morgan fingerprint density at radius 2 is 1.67 bits per heavy atom. The summed E-state index contributed by atoms with van der Waals surface area (Å²) in [7, 11) is 0. The molecule has 1 fully saturated rings. The van der Waals surface area contributed by atoms with Gasteiger partial charge in [0.2, 0.25) is 0 Å². The largest absolute Gasteiger partial charge is 0.481 e. The number of aliphatic carboxylic acids is 1. The molecule has 5 heteroatoms.